The van der Waals surface area contributed by atoms with E-state index in [4.69, 9.17) is 0 Å². The van der Waals surface area contributed by atoms with Crippen molar-refractivity contribution in [2.24, 2.45) is 0 Å². The summed E-state index contributed by atoms with van der Waals surface area (Å²) in [5, 5.41) is 3.48. The molecular formula is C12H19BrN4. The molecule has 0 spiro atoms. The maximum Gasteiger partial charge on any atom is 0.134 e. The quantitative estimate of drug-likeness (QED) is 0.871. The highest BCUT2D eigenvalue weighted by Gasteiger charge is 2.19. The molecule has 5 heteroatoms. The van der Waals surface area contributed by atoms with Crippen molar-refractivity contribution in [1.82, 2.24) is 14.9 Å². The molecule has 0 bridgehead atoms. The molecule has 1 N–H and O–H groups in total. The molecule has 2 heterocycles. The van der Waals surface area contributed by atoms with Crippen LogP contribution >= 0.6 is 15.9 Å². The van der Waals surface area contributed by atoms with Gasteiger partial charge in [-0.15, -0.1) is 0 Å². The van der Waals surface area contributed by atoms with Gasteiger partial charge < -0.3 is 10.2 Å². The molecule has 94 valence electrons. The Morgan fingerprint density at radius 3 is 2.82 bits per heavy atom. The minimum atomic E-state index is 0.347. The van der Waals surface area contributed by atoms with Crippen molar-refractivity contribution in [2.45, 2.75) is 32.2 Å². The average molecular weight is 299 g/mol. The second kappa shape index (κ2) is 5.31. The largest absolute Gasteiger partial charge is 0.366 e. The molecule has 17 heavy (non-hydrogen) atoms. The molecule has 1 fully saturated rings. The number of aromatic nitrogens is 2. The highest BCUT2D eigenvalue weighted by atomic mass is 79.9. The number of anilines is 1. The monoisotopic (exact) mass is 298 g/mol. The summed E-state index contributed by atoms with van der Waals surface area (Å²) < 4.78 is 0.852. The summed E-state index contributed by atoms with van der Waals surface area (Å²) in [5.41, 5.74) is 0. The van der Waals surface area contributed by atoms with Crippen LogP contribution in [0.15, 0.2) is 10.7 Å². The lowest BCUT2D eigenvalue weighted by Crippen LogP contribution is -2.24. The lowest BCUT2D eigenvalue weighted by molar-refractivity contribution is 0.414. The third-order valence-electron chi connectivity index (χ3n) is 2.97. The zero-order chi connectivity index (χ0) is 12.4. The van der Waals surface area contributed by atoms with Gasteiger partial charge in [0, 0.05) is 24.6 Å². The predicted octanol–water partition coefficient (Wildman–Crippen LogP) is 2.48. The van der Waals surface area contributed by atoms with Gasteiger partial charge in [-0.25, -0.2) is 9.97 Å². The number of nitrogens with zero attached hydrogens (tertiary/aromatic N) is 3. The van der Waals surface area contributed by atoms with Crippen molar-refractivity contribution in [1.29, 1.82) is 0 Å². The molecule has 2 rings (SSSR count). The fourth-order valence-electron chi connectivity index (χ4n) is 2.03. The summed E-state index contributed by atoms with van der Waals surface area (Å²) in [4.78, 5) is 11.3. The average Bonchev–Trinajstić information content (AvgIpc) is 2.63. The second-order valence-electron chi connectivity index (χ2n) is 4.98. The highest BCUT2D eigenvalue weighted by molar-refractivity contribution is 9.10. The van der Waals surface area contributed by atoms with Gasteiger partial charge in [0.2, 0.25) is 0 Å². The van der Waals surface area contributed by atoms with Crippen LogP contribution in [-0.2, 0) is 0 Å². The van der Waals surface area contributed by atoms with Crippen molar-refractivity contribution >= 4 is 21.7 Å². The van der Waals surface area contributed by atoms with Crippen LogP contribution in [0.2, 0.25) is 0 Å². The maximum absolute atomic E-state index is 4.55. The van der Waals surface area contributed by atoms with Crippen molar-refractivity contribution in [3.05, 3.63) is 16.5 Å². The van der Waals surface area contributed by atoms with Gasteiger partial charge in [0.15, 0.2) is 0 Å². The summed E-state index contributed by atoms with van der Waals surface area (Å²) in [7, 11) is 2.15. The van der Waals surface area contributed by atoms with Crippen LogP contribution in [0.3, 0.4) is 0 Å². The van der Waals surface area contributed by atoms with E-state index < -0.39 is 0 Å². The number of nitrogens with one attached hydrogen (secondary N) is 1. The van der Waals surface area contributed by atoms with Crippen molar-refractivity contribution in [3.8, 4) is 0 Å². The van der Waals surface area contributed by atoms with E-state index in [0.29, 0.717) is 12.0 Å². The molecule has 4 nitrogen and oxygen atoms in total. The molecule has 1 atom stereocenters. The number of rotatable bonds is 3. The summed E-state index contributed by atoms with van der Waals surface area (Å²) in [6.45, 7) is 6.45. The predicted molar refractivity (Wildman–Crippen MR) is 73.3 cm³/mol. The van der Waals surface area contributed by atoms with E-state index in [1.54, 1.807) is 0 Å². The maximum atomic E-state index is 4.55. The van der Waals surface area contributed by atoms with Crippen LogP contribution in [0.4, 0.5) is 5.82 Å². The van der Waals surface area contributed by atoms with Crippen LogP contribution in [0.1, 0.15) is 32.0 Å². The smallest absolute Gasteiger partial charge is 0.134 e. The molecule has 1 aliphatic heterocycles. The van der Waals surface area contributed by atoms with Gasteiger partial charge >= 0.3 is 0 Å². The van der Waals surface area contributed by atoms with Crippen LogP contribution in [0.5, 0.6) is 0 Å². The first-order valence-corrected chi connectivity index (χ1v) is 6.83. The van der Waals surface area contributed by atoms with E-state index in [-0.39, 0.29) is 0 Å². The Morgan fingerprint density at radius 1 is 1.47 bits per heavy atom. The molecule has 1 aromatic heterocycles. The topological polar surface area (TPSA) is 41.1 Å². The van der Waals surface area contributed by atoms with Crippen LogP contribution in [0, 0.1) is 0 Å². The molecule has 0 saturated carbocycles. The zero-order valence-corrected chi connectivity index (χ0v) is 12.2. The standard InChI is InChI=1S/C12H19BrN4/c1-8(2)12-15-10(13)6-11(16-12)14-9-4-5-17(3)7-9/h6,8-9H,4-5,7H2,1-3H3,(H,14,15,16). The molecule has 1 unspecified atom stereocenters. The molecule has 0 aliphatic carbocycles. The van der Waals surface area contributed by atoms with Gasteiger partial charge in [-0.3, -0.25) is 0 Å². The van der Waals surface area contributed by atoms with Crippen molar-refractivity contribution < 1.29 is 0 Å². The fourth-order valence-corrected chi connectivity index (χ4v) is 2.43. The highest BCUT2D eigenvalue weighted by Crippen LogP contribution is 2.19. The molecule has 1 aromatic rings. The number of hydrogen-bond acceptors (Lipinski definition) is 4. The number of likely N-dealkylation sites (tertiary alicyclic amines) is 1. The molecular weight excluding hydrogens is 280 g/mol. The first-order valence-electron chi connectivity index (χ1n) is 6.04. The van der Waals surface area contributed by atoms with E-state index in [1.807, 2.05) is 6.07 Å². The summed E-state index contributed by atoms with van der Waals surface area (Å²) in [5.74, 6) is 2.16. The van der Waals surface area contributed by atoms with Crippen molar-refractivity contribution in [3.63, 3.8) is 0 Å². The third-order valence-corrected chi connectivity index (χ3v) is 3.38. The van der Waals surface area contributed by atoms with Crippen molar-refractivity contribution in [2.75, 3.05) is 25.5 Å². The van der Waals surface area contributed by atoms with Gasteiger partial charge in [0.1, 0.15) is 16.2 Å². The van der Waals surface area contributed by atoms with Gasteiger partial charge in [-0.1, -0.05) is 13.8 Å². The van der Waals surface area contributed by atoms with Crippen LogP contribution in [-0.4, -0.2) is 41.0 Å². The Labute approximate surface area is 111 Å². The summed E-state index contributed by atoms with van der Waals surface area (Å²) in [6, 6.07) is 2.45. The van der Waals surface area contributed by atoms with E-state index >= 15 is 0 Å². The fraction of sp³-hybridized carbons (Fsp3) is 0.667. The van der Waals surface area contributed by atoms with Gasteiger partial charge in [0.25, 0.3) is 0 Å². The zero-order valence-electron chi connectivity index (χ0n) is 10.6. The molecule has 0 amide bonds. The SMILES string of the molecule is CC(C)c1nc(Br)cc(NC2CCN(C)C2)n1. The minimum Gasteiger partial charge on any atom is -0.366 e. The van der Waals surface area contributed by atoms with E-state index in [2.05, 4.69) is 57.0 Å². The number of hydrogen-bond donors (Lipinski definition) is 1. The normalized spacial score (nSPS) is 21.1. The number of likely N-dealkylation sites (N-methyl/N-ethyl adjacent to an activating group) is 1. The lowest BCUT2D eigenvalue weighted by atomic mass is 10.2. The van der Waals surface area contributed by atoms with Gasteiger partial charge in [-0.05, 0) is 35.9 Å². The Balaban J connectivity index is 2.10. The van der Waals surface area contributed by atoms with Crippen LogP contribution in [0.25, 0.3) is 0 Å². The Kier molecular flexibility index (Phi) is 3.99. The molecule has 0 radical (unpaired) electrons. The molecule has 1 saturated heterocycles. The van der Waals surface area contributed by atoms with E-state index in [9.17, 15) is 0 Å². The number of halogens is 1. The minimum absolute atomic E-state index is 0.347. The Hall–Kier alpha value is -0.680. The molecule has 0 aromatic carbocycles. The Bertz CT molecular complexity index is 394. The van der Waals surface area contributed by atoms with Crippen LogP contribution < -0.4 is 5.32 Å². The second-order valence-corrected chi connectivity index (χ2v) is 5.79. The first kappa shape index (κ1) is 12.8. The van der Waals surface area contributed by atoms with Gasteiger partial charge in [0.05, 0.1) is 0 Å². The Morgan fingerprint density at radius 2 is 2.24 bits per heavy atom. The lowest BCUT2D eigenvalue weighted by Gasteiger charge is -2.15. The third kappa shape index (κ3) is 3.39. The van der Waals surface area contributed by atoms with E-state index in [0.717, 1.165) is 29.3 Å². The van der Waals surface area contributed by atoms with E-state index in [1.165, 1.54) is 6.42 Å². The summed E-state index contributed by atoms with van der Waals surface area (Å²) in [6.07, 6.45) is 1.18. The van der Waals surface area contributed by atoms with Gasteiger partial charge in [-0.2, -0.15) is 0 Å². The summed E-state index contributed by atoms with van der Waals surface area (Å²) >= 11 is 3.44. The molecule has 1 aliphatic rings. The first-order chi connectivity index (χ1) is 8.04.